The number of para-hydroxylation sites is 1. The predicted octanol–water partition coefficient (Wildman–Crippen LogP) is 2.71. The molecule has 0 radical (unpaired) electrons. The Bertz CT molecular complexity index is 449. The first-order valence-corrected chi connectivity index (χ1v) is 7.13. The molecule has 4 nitrogen and oxygen atoms in total. The fraction of sp³-hybridized carbons (Fsp3) is 0.533. The van der Waals surface area contributed by atoms with E-state index >= 15 is 0 Å². The van der Waals surface area contributed by atoms with E-state index in [1.54, 1.807) is 4.90 Å². The summed E-state index contributed by atoms with van der Waals surface area (Å²) in [6.07, 6.45) is 4.25. The van der Waals surface area contributed by atoms with Crippen LogP contribution in [0.1, 0.15) is 37.3 Å². The summed E-state index contributed by atoms with van der Waals surface area (Å²) >= 11 is 0. The van der Waals surface area contributed by atoms with Crippen LogP contribution in [0.4, 0.5) is 4.79 Å². The number of rotatable bonds is 2. The number of benzene rings is 1. The average molecular weight is 260 g/mol. The number of carbonyl (C=O) groups is 1. The standard InChI is InChI=1S/C15H20N2O2/c18-15(17-10-3-4-11-17)19-14-8-2-1-6-12(14)13-7-5-9-16-13/h1-2,6,8,13,16H,3-5,7,9-11H2/t13-/m0/s1. The second-order valence-electron chi connectivity index (χ2n) is 5.25. The highest BCUT2D eigenvalue weighted by molar-refractivity contribution is 5.71. The molecule has 0 aromatic heterocycles. The minimum Gasteiger partial charge on any atom is -0.410 e. The lowest BCUT2D eigenvalue weighted by Crippen LogP contribution is -2.31. The van der Waals surface area contributed by atoms with Crippen LogP contribution in [-0.4, -0.2) is 30.6 Å². The van der Waals surface area contributed by atoms with Crippen LogP contribution in [0.25, 0.3) is 0 Å². The lowest BCUT2D eigenvalue weighted by molar-refractivity contribution is 0.162. The van der Waals surface area contributed by atoms with E-state index in [1.165, 1.54) is 6.42 Å². The Morgan fingerprint density at radius 3 is 2.74 bits per heavy atom. The van der Waals surface area contributed by atoms with Crippen molar-refractivity contribution >= 4 is 6.09 Å². The number of hydrogen-bond acceptors (Lipinski definition) is 3. The second kappa shape index (κ2) is 5.61. The SMILES string of the molecule is O=C(Oc1ccccc1[C@@H]1CCCN1)N1CCCC1. The molecule has 0 aliphatic carbocycles. The van der Waals surface area contributed by atoms with Crippen molar-refractivity contribution in [3.8, 4) is 5.75 Å². The van der Waals surface area contributed by atoms with Gasteiger partial charge in [-0.25, -0.2) is 4.79 Å². The third kappa shape index (κ3) is 2.73. The number of hydrogen-bond donors (Lipinski definition) is 1. The Hall–Kier alpha value is -1.55. The van der Waals surface area contributed by atoms with Gasteiger partial charge >= 0.3 is 6.09 Å². The highest BCUT2D eigenvalue weighted by Crippen LogP contribution is 2.31. The molecule has 0 spiro atoms. The first-order chi connectivity index (χ1) is 9.34. The van der Waals surface area contributed by atoms with Crippen molar-refractivity contribution in [2.45, 2.75) is 31.7 Å². The van der Waals surface area contributed by atoms with Crippen molar-refractivity contribution in [2.75, 3.05) is 19.6 Å². The molecule has 1 aromatic rings. The van der Waals surface area contributed by atoms with Gasteiger partial charge in [0.1, 0.15) is 5.75 Å². The van der Waals surface area contributed by atoms with Crippen molar-refractivity contribution in [1.29, 1.82) is 0 Å². The van der Waals surface area contributed by atoms with Gasteiger partial charge in [-0.3, -0.25) is 0 Å². The third-order valence-electron chi connectivity index (χ3n) is 3.92. The van der Waals surface area contributed by atoms with Gasteiger partial charge in [0, 0.05) is 24.7 Å². The number of nitrogens with zero attached hydrogens (tertiary/aromatic N) is 1. The lowest BCUT2D eigenvalue weighted by Gasteiger charge is -2.19. The molecular weight excluding hydrogens is 240 g/mol. The zero-order valence-corrected chi connectivity index (χ0v) is 11.1. The van der Waals surface area contributed by atoms with E-state index in [9.17, 15) is 4.79 Å². The summed E-state index contributed by atoms with van der Waals surface area (Å²) in [4.78, 5) is 13.9. The van der Waals surface area contributed by atoms with Crippen LogP contribution in [0.5, 0.6) is 5.75 Å². The van der Waals surface area contributed by atoms with E-state index in [4.69, 9.17) is 4.74 Å². The van der Waals surface area contributed by atoms with Crippen LogP contribution in [0.15, 0.2) is 24.3 Å². The molecule has 0 saturated carbocycles. The predicted molar refractivity (Wildman–Crippen MR) is 73.3 cm³/mol. The van der Waals surface area contributed by atoms with Crippen LogP contribution in [0.3, 0.4) is 0 Å². The zero-order chi connectivity index (χ0) is 13.1. The van der Waals surface area contributed by atoms with Crippen LogP contribution in [0.2, 0.25) is 0 Å². The summed E-state index contributed by atoms with van der Waals surface area (Å²) in [6.45, 7) is 2.68. The van der Waals surface area contributed by atoms with Crippen molar-refractivity contribution in [1.82, 2.24) is 10.2 Å². The summed E-state index contributed by atoms with van der Waals surface area (Å²) in [5.74, 6) is 0.707. The van der Waals surface area contributed by atoms with Crippen molar-refractivity contribution < 1.29 is 9.53 Å². The van der Waals surface area contributed by atoms with E-state index in [1.807, 2.05) is 18.2 Å². The monoisotopic (exact) mass is 260 g/mol. The third-order valence-corrected chi connectivity index (χ3v) is 3.92. The van der Waals surface area contributed by atoms with Crippen molar-refractivity contribution in [2.24, 2.45) is 0 Å². The molecule has 0 bridgehead atoms. The zero-order valence-electron chi connectivity index (χ0n) is 11.1. The molecule has 3 rings (SSSR count). The molecule has 1 amide bonds. The Kier molecular flexibility index (Phi) is 3.69. The maximum atomic E-state index is 12.1. The number of nitrogens with one attached hydrogen (secondary N) is 1. The largest absolute Gasteiger partial charge is 0.415 e. The number of ether oxygens (including phenoxy) is 1. The minimum atomic E-state index is -0.206. The molecule has 1 N–H and O–H groups in total. The van der Waals surface area contributed by atoms with Gasteiger partial charge in [-0.1, -0.05) is 18.2 Å². The molecule has 2 saturated heterocycles. The summed E-state index contributed by atoms with van der Waals surface area (Å²) in [5, 5.41) is 3.45. The fourth-order valence-corrected chi connectivity index (χ4v) is 2.87. The van der Waals surface area contributed by atoms with Gasteiger partial charge in [0.05, 0.1) is 0 Å². The maximum absolute atomic E-state index is 12.1. The first kappa shape index (κ1) is 12.5. The van der Waals surface area contributed by atoms with E-state index < -0.39 is 0 Å². The van der Waals surface area contributed by atoms with E-state index in [2.05, 4.69) is 11.4 Å². The maximum Gasteiger partial charge on any atom is 0.415 e. The van der Waals surface area contributed by atoms with Gasteiger partial charge in [0.15, 0.2) is 0 Å². The van der Waals surface area contributed by atoms with Gasteiger partial charge in [0.2, 0.25) is 0 Å². The summed E-state index contributed by atoms with van der Waals surface area (Å²) in [7, 11) is 0. The van der Waals surface area contributed by atoms with Crippen LogP contribution < -0.4 is 10.1 Å². The number of amides is 1. The topological polar surface area (TPSA) is 41.6 Å². The van der Waals surface area contributed by atoms with Gasteiger partial charge in [0.25, 0.3) is 0 Å². The highest BCUT2D eigenvalue weighted by Gasteiger charge is 2.24. The van der Waals surface area contributed by atoms with Gasteiger partial charge in [-0.05, 0) is 38.3 Å². The molecule has 2 heterocycles. The molecule has 0 unspecified atom stereocenters. The highest BCUT2D eigenvalue weighted by atomic mass is 16.6. The Morgan fingerprint density at radius 2 is 2.00 bits per heavy atom. The van der Waals surface area contributed by atoms with Crippen molar-refractivity contribution in [3.63, 3.8) is 0 Å². The number of carbonyl (C=O) groups excluding carboxylic acids is 1. The molecule has 1 aromatic carbocycles. The molecule has 102 valence electrons. The smallest absolute Gasteiger partial charge is 0.410 e. The lowest BCUT2D eigenvalue weighted by atomic mass is 10.0. The Labute approximate surface area is 113 Å². The fourth-order valence-electron chi connectivity index (χ4n) is 2.87. The van der Waals surface area contributed by atoms with Crippen molar-refractivity contribution in [3.05, 3.63) is 29.8 Å². The molecule has 19 heavy (non-hydrogen) atoms. The quantitative estimate of drug-likeness (QED) is 0.889. The summed E-state index contributed by atoms with van der Waals surface area (Å²) in [6, 6.07) is 8.19. The Morgan fingerprint density at radius 1 is 1.21 bits per heavy atom. The summed E-state index contributed by atoms with van der Waals surface area (Å²) < 4.78 is 5.59. The van der Waals surface area contributed by atoms with Crippen LogP contribution in [-0.2, 0) is 0 Å². The molecule has 1 atom stereocenters. The average Bonchev–Trinajstić information content (AvgIpc) is 3.13. The first-order valence-electron chi connectivity index (χ1n) is 7.13. The van der Waals surface area contributed by atoms with Gasteiger partial charge in [-0.15, -0.1) is 0 Å². The van der Waals surface area contributed by atoms with Gasteiger partial charge < -0.3 is 15.0 Å². The summed E-state index contributed by atoms with van der Waals surface area (Å²) in [5.41, 5.74) is 1.10. The molecule has 2 fully saturated rings. The normalized spacial score (nSPS) is 22.7. The molecule has 2 aliphatic rings. The van der Waals surface area contributed by atoms with E-state index in [0.717, 1.165) is 44.5 Å². The Balaban J connectivity index is 1.74. The second-order valence-corrected chi connectivity index (χ2v) is 5.25. The molecule has 4 heteroatoms. The molecule has 2 aliphatic heterocycles. The minimum absolute atomic E-state index is 0.206. The van der Waals surface area contributed by atoms with Crippen LogP contribution >= 0.6 is 0 Å². The number of likely N-dealkylation sites (tertiary alicyclic amines) is 1. The van der Waals surface area contributed by atoms with E-state index in [-0.39, 0.29) is 6.09 Å². The van der Waals surface area contributed by atoms with E-state index in [0.29, 0.717) is 11.8 Å². The van der Waals surface area contributed by atoms with Crippen LogP contribution in [0, 0.1) is 0 Å². The van der Waals surface area contributed by atoms with Gasteiger partial charge in [-0.2, -0.15) is 0 Å². The molecular formula is C15H20N2O2.